The molecule has 3 N–H and O–H groups in total. The van der Waals surface area contributed by atoms with Crippen LogP contribution in [-0.2, 0) is 11.2 Å². The topological polar surface area (TPSA) is 89.9 Å². The van der Waals surface area contributed by atoms with Crippen LogP contribution in [0, 0.1) is 0 Å². The highest BCUT2D eigenvalue weighted by atomic mass is 16.4. The number of rotatable bonds is 6. The van der Waals surface area contributed by atoms with Crippen molar-refractivity contribution in [1.29, 1.82) is 0 Å². The number of carbonyl (C=O) groups is 2. The largest absolute Gasteiger partial charge is 0.508 e. The van der Waals surface area contributed by atoms with Crippen LogP contribution in [0.2, 0.25) is 0 Å². The average Bonchev–Trinajstić information content (AvgIpc) is 2.39. The van der Waals surface area contributed by atoms with Crippen LogP contribution in [0.3, 0.4) is 0 Å². The summed E-state index contributed by atoms with van der Waals surface area (Å²) in [6.45, 7) is 5.85. The highest BCUT2D eigenvalue weighted by molar-refractivity contribution is 5.82. The molecule has 0 aliphatic carbocycles. The van der Waals surface area contributed by atoms with Crippen LogP contribution in [0.5, 0.6) is 5.75 Å². The molecule has 0 heterocycles. The molecule has 0 unspecified atom stereocenters. The second-order valence-electron chi connectivity index (χ2n) is 5.02. The summed E-state index contributed by atoms with van der Waals surface area (Å²) in [5.74, 6) is -1.00. The zero-order valence-electron chi connectivity index (χ0n) is 12.2. The Hall–Kier alpha value is -2.50. The second-order valence-corrected chi connectivity index (χ2v) is 5.02. The lowest BCUT2D eigenvalue weighted by atomic mass is 10.1. The number of carboxylic acids is 1. The number of carboxylic acid groups (broad SMARTS) is 1. The third-order valence-electron chi connectivity index (χ3n) is 2.83. The molecule has 114 valence electrons. The van der Waals surface area contributed by atoms with E-state index in [0.717, 1.165) is 5.57 Å². The van der Waals surface area contributed by atoms with E-state index in [1.54, 1.807) is 26.1 Å². The Morgan fingerprint density at radius 3 is 2.38 bits per heavy atom. The number of nitrogens with zero attached hydrogens (tertiary/aromatic N) is 1. The van der Waals surface area contributed by atoms with Crippen LogP contribution >= 0.6 is 0 Å². The molecule has 2 amide bonds. The summed E-state index contributed by atoms with van der Waals surface area (Å²) < 4.78 is 0. The van der Waals surface area contributed by atoms with Gasteiger partial charge in [-0.3, -0.25) is 0 Å². The normalized spacial score (nSPS) is 11.5. The molecule has 0 saturated heterocycles. The lowest BCUT2D eigenvalue weighted by Crippen LogP contribution is -2.48. The molecule has 1 rings (SSSR count). The first-order chi connectivity index (χ1) is 9.79. The summed E-state index contributed by atoms with van der Waals surface area (Å²) in [6, 6.07) is 4.69. The number of benzene rings is 1. The summed E-state index contributed by atoms with van der Waals surface area (Å²) in [7, 11) is 1.57. The molecule has 0 saturated carbocycles. The maximum Gasteiger partial charge on any atom is 0.326 e. The van der Waals surface area contributed by atoms with Crippen molar-refractivity contribution in [2.75, 3.05) is 13.6 Å². The van der Waals surface area contributed by atoms with E-state index >= 15 is 0 Å². The van der Waals surface area contributed by atoms with Gasteiger partial charge in [0.2, 0.25) is 0 Å². The zero-order chi connectivity index (χ0) is 16.0. The van der Waals surface area contributed by atoms with E-state index in [0.29, 0.717) is 12.1 Å². The van der Waals surface area contributed by atoms with Crippen molar-refractivity contribution in [2.24, 2.45) is 0 Å². The number of hydrogen-bond acceptors (Lipinski definition) is 3. The van der Waals surface area contributed by atoms with E-state index in [4.69, 9.17) is 0 Å². The molecule has 0 bridgehead atoms. The number of aromatic hydroxyl groups is 1. The van der Waals surface area contributed by atoms with Gasteiger partial charge in [-0.15, -0.1) is 0 Å². The highest BCUT2D eigenvalue weighted by Gasteiger charge is 2.22. The van der Waals surface area contributed by atoms with Crippen molar-refractivity contribution in [3.63, 3.8) is 0 Å². The van der Waals surface area contributed by atoms with Gasteiger partial charge in [0.1, 0.15) is 11.8 Å². The van der Waals surface area contributed by atoms with Gasteiger partial charge in [0, 0.05) is 20.0 Å². The molecule has 6 nitrogen and oxygen atoms in total. The van der Waals surface area contributed by atoms with Gasteiger partial charge < -0.3 is 20.4 Å². The lowest BCUT2D eigenvalue weighted by Gasteiger charge is -2.21. The van der Waals surface area contributed by atoms with Gasteiger partial charge in [-0.1, -0.05) is 24.3 Å². The minimum Gasteiger partial charge on any atom is -0.508 e. The van der Waals surface area contributed by atoms with Crippen LogP contribution in [0.15, 0.2) is 36.4 Å². The number of phenols is 1. The van der Waals surface area contributed by atoms with Crippen molar-refractivity contribution in [3.05, 3.63) is 42.0 Å². The number of phenolic OH excluding ortho intramolecular Hbond substituents is 1. The molecule has 1 atom stereocenters. The van der Waals surface area contributed by atoms with E-state index in [9.17, 15) is 19.8 Å². The van der Waals surface area contributed by atoms with Gasteiger partial charge in [-0.05, 0) is 24.6 Å². The minimum atomic E-state index is -1.11. The molecular formula is C15H20N2O4. The Morgan fingerprint density at radius 2 is 1.90 bits per heavy atom. The van der Waals surface area contributed by atoms with Crippen molar-refractivity contribution < 1.29 is 19.8 Å². The van der Waals surface area contributed by atoms with E-state index in [1.165, 1.54) is 17.0 Å². The van der Waals surface area contributed by atoms with E-state index in [2.05, 4.69) is 11.9 Å². The predicted octanol–water partition coefficient (Wildman–Crippen LogP) is 1.61. The molecule has 0 fully saturated rings. The van der Waals surface area contributed by atoms with Gasteiger partial charge in [0.05, 0.1) is 0 Å². The first-order valence-electron chi connectivity index (χ1n) is 6.46. The van der Waals surface area contributed by atoms with E-state index in [-0.39, 0.29) is 12.2 Å². The fourth-order valence-corrected chi connectivity index (χ4v) is 1.80. The van der Waals surface area contributed by atoms with Crippen molar-refractivity contribution in [3.8, 4) is 5.75 Å². The molecule has 0 spiro atoms. The number of urea groups is 1. The molecule has 1 aromatic rings. The molecule has 21 heavy (non-hydrogen) atoms. The molecule has 1 aromatic carbocycles. The van der Waals surface area contributed by atoms with Gasteiger partial charge in [0.25, 0.3) is 0 Å². The van der Waals surface area contributed by atoms with Gasteiger partial charge in [0.15, 0.2) is 0 Å². The first kappa shape index (κ1) is 16.6. The Labute approximate surface area is 123 Å². The van der Waals surface area contributed by atoms with Crippen molar-refractivity contribution in [1.82, 2.24) is 10.2 Å². The second kappa shape index (κ2) is 7.33. The van der Waals surface area contributed by atoms with E-state index in [1.807, 2.05) is 0 Å². The fraction of sp³-hybridized carbons (Fsp3) is 0.333. The summed E-state index contributed by atoms with van der Waals surface area (Å²) in [4.78, 5) is 24.5. The van der Waals surface area contributed by atoms with Crippen LogP contribution < -0.4 is 5.32 Å². The van der Waals surface area contributed by atoms with Gasteiger partial charge >= 0.3 is 12.0 Å². The number of likely N-dealkylation sites (N-methyl/N-ethyl adjacent to an activating group) is 1. The molecule has 0 aliphatic rings. The van der Waals surface area contributed by atoms with E-state index < -0.39 is 18.0 Å². The molecule has 0 aliphatic heterocycles. The van der Waals surface area contributed by atoms with Crippen LogP contribution in [0.25, 0.3) is 0 Å². The average molecular weight is 292 g/mol. The minimum absolute atomic E-state index is 0.107. The number of hydrogen-bond donors (Lipinski definition) is 3. The summed E-state index contributed by atoms with van der Waals surface area (Å²) in [5.41, 5.74) is 1.51. The third-order valence-corrected chi connectivity index (χ3v) is 2.83. The standard InChI is InChI=1S/C15H20N2O4/c1-10(2)9-17(3)15(21)16-13(14(19)20)8-11-4-6-12(18)7-5-11/h4-7,13,18H,1,8-9H2,2-3H3,(H,16,21)(H,19,20)/t13-/m1/s1. The Bertz CT molecular complexity index is 525. The number of carbonyl (C=O) groups excluding carboxylic acids is 1. The Balaban J connectivity index is 2.69. The number of aliphatic carboxylic acids is 1. The molecule has 6 heteroatoms. The quantitative estimate of drug-likeness (QED) is 0.695. The van der Waals surface area contributed by atoms with Crippen LogP contribution in [0.1, 0.15) is 12.5 Å². The third kappa shape index (κ3) is 5.56. The van der Waals surface area contributed by atoms with Crippen LogP contribution in [0.4, 0.5) is 4.79 Å². The summed E-state index contributed by atoms with van der Waals surface area (Å²) in [5, 5.41) is 20.9. The summed E-state index contributed by atoms with van der Waals surface area (Å²) in [6.07, 6.45) is 0.141. The number of nitrogens with one attached hydrogen (secondary N) is 1. The highest BCUT2D eigenvalue weighted by Crippen LogP contribution is 2.11. The van der Waals surface area contributed by atoms with Gasteiger partial charge in [-0.2, -0.15) is 0 Å². The zero-order valence-corrected chi connectivity index (χ0v) is 12.2. The van der Waals surface area contributed by atoms with Crippen molar-refractivity contribution in [2.45, 2.75) is 19.4 Å². The lowest BCUT2D eigenvalue weighted by molar-refractivity contribution is -0.139. The maximum atomic E-state index is 11.9. The van der Waals surface area contributed by atoms with Crippen molar-refractivity contribution >= 4 is 12.0 Å². The Morgan fingerprint density at radius 1 is 1.33 bits per heavy atom. The van der Waals surface area contributed by atoms with Gasteiger partial charge in [-0.25, -0.2) is 9.59 Å². The first-order valence-corrected chi connectivity index (χ1v) is 6.46. The van der Waals surface area contributed by atoms with Crippen LogP contribution in [-0.4, -0.2) is 46.7 Å². The Kier molecular flexibility index (Phi) is 5.78. The maximum absolute atomic E-state index is 11.9. The fourth-order valence-electron chi connectivity index (χ4n) is 1.80. The monoisotopic (exact) mass is 292 g/mol. The molecular weight excluding hydrogens is 272 g/mol. The summed E-state index contributed by atoms with van der Waals surface area (Å²) >= 11 is 0. The predicted molar refractivity (Wildman–Crippen MR) is 79.2 cm³/mol. The SMILES string of the molecule is C=C(C)CN(C)C(=O)N[C@H](Cc1ccc(O)cc1)C(=O)O. The molecule has 0 radical (unpaired) electrons. The molecule has 0 aromatic heterocycles. The number of amides is 2. The smallest absolute Gasteiger partial charge is 0.326 e.